The molecule has 0 aliphatic carbocycles. The number of anilines is 1. The number of hydrogen-bond acceptors (Lipinski definition) is 6. The number of morpholine rings is 1. The van der Waals surface area contributed by atoms with E-state index in [1.807, 2.05) is 0 Å². The monoisotopic (exact) mass is 414 g/mol. The van der Waals surface area contributed by atoms with E-state index in [1.165, 1.54) is 0 Å². The minimum absolute atomic E-state index is 0.0234. The lowest BCUT2D eigenvalue weighted by Crippen LogP contribution is -2.53. The van der Waals surface area contributed by atoms with Crippen LogP contribution in [0.3, 0.4) is 0 Å². The fourth-order valence-electron chi connectivity index (χ4n) is 3.10. The molecule has 28 heavy (non-hydrogen) atoms. The van der Waals surface area contributed by atoms with Crippen LogP contribution in [0.25, 0.3) is 0 Å². The van der Waals surface area contributed by atoms with E-state index < -0.39 is 42.2 Å². The van der Waals surface area contributed by atoms with Crippen molar-refractivity contribution in [3.8, 4) is 0 Å². The molecule has 0 aromatic carbocycles. The maximum Gasteiger partial charge on any atom is 0.433 e. The molecule has 3 rings (SSSR count). The van der Waals surface area contributed by atoms with Crippen molar-refractivity contribution in [2.45, 2.75) is 30.5 Å². The number of nitrogens with zero attached hydrogens (tertiary/aromatic N) is 3. The van der Waals surface area contributed by atoms with Crippen LogP contribution >= 0.6 is 0 Å². The van der Waals surface area contributed by atoms with Crippen molar-refractivity contribution in [3.05, 3.63) is 18.1 Å². The van der Waals surface area contributed by atoms with E-state index in [4.69, 9.17) is 9.47 Å². The first-order valence-corrected chi connectivity index (χ1v) is 8.22. The fraction of sp³-hybridized carbons (Fsp3) is 0.667. The van der Waals surface area contributed by atoms with Gasteiger partial charge in [0, 0.05) is 19.0 Å². The third kappa shape index (κ3) is 4.82. The highest BCUT2D eigenvalue weighted by Crippen LogP contribution is 2.34. The molecule has 2 aliphatic heterocycles. The summed E-state index contributed by atoms with van der Waals surface area (Å²) in [6.07, 6.45) is -9.53. The van der Waals surface area contributed by atoms with Gasteiger partial charge in [0.1, 0.15) is 36.1 Å². The Hall–Kier alpha value is -2.15. The molecule has 1 aromatic rings. The summed E-state index contributed by atoms with van der Waals surface area (Å²) in [5.41, 5.74) is -2.12. The Morgan fingerprint density at radius 1 is 1.29 bits per heavy atom. The lowest BCUT2D eigenvalue weighted by atomic mass is 9.97. The van der Waals surface area contributed by atoms with E-state index in [9.17, 15) is 31.1 Å². The summed E-state index contributed by atoms with van der Waals surface area (Å²) in [6, 6.07) is 0.808. The maximum absolute atomic E-state index is 12.8. The second-order valence-corrected chi connectivity index (χ2v) is 6.55. The van der Waals surface area contributed by atoms with Crippen LogP contribution < -0.4 is 10.2 Å². The van der Waals surface area contributed by atoms with Crippen molar-refractivity contribution in [1.82, 2.24) is 15.3 Å². The fourth-order valence-corrected chi connectivity index (χ4v) is 3.10. The van der Waals surface area contributed by atoms with Gasteiger partial charge in [0.2, 0.25) is 5.91 Å². The Balaban J connectivity index is 1.66. The van der Waals surface area contributed by atoms with E-state index in [-0.39, 0.29) is 38.5 Å². The largest absolute Gasteiger partial charge is 0.433 e. The predicted octanol–water partition coefficient (Wildman–Crippen LogP) is 1.54. The number of hydrogen-bond donors (Lipinski definition) is 1. The van der Waals surface area contributed by atoms with Crippen molar-refractivity contribution in [1.29, 1.82) is 0 Å². The lowest BCUT2D eigenvalue weighted by molar-refractivity contribution is -0.143. The molecule has 0 saturated carbocycles. The lowest BCUT2D eigenvalue weighted by Gasteiger charge is -2.40. The number of carbonyl (C=O) groups excluding carboxylic acids is 1. The smallest absolute Gasteiger partial charge is 0.369 e. The summed E-state index contributed by atoms with van der Waals surface area (Å²) in [5, 5.41) is 1.75. The Morgan fingerprint density at radius 3 is 2.71 bits per heavy atom. The molecule has 0 bridgehead atoms. The van der Waals surface area contributed by atoms with E-state index in [0.717, 1.165) is 12.4 Å². The van der Waals surface area contributed by atoms with E-state index >= 15 is 0 Å². The summed E-state index contributed by atoms with van der Waals surface area (Å²) in [5.74, 6) is -0.883. The van der Waals surface area contributed by atoms with Crippen molar-refractivity contribution in [2.24, 2.45) is 0 Å². The van der Waals surface area contributed by atoms with E-state index in [0.29, 0.717) is 0 Å². The van der Waals surface area contributed by atoms with Crippen molar-refractivity contribution < 1.29 is 40.6 Å². The zero-order chi connectivity index (χ0) is 20.6. The number of ether oxygens (including phenoxy) is 2. The Morgan fingerprint density at radius 2 is 2.04 bits per heavy atom. The number of amides is 1. The van der Waals surface area contributed by atoms with Gasteiger partial charge in [0.05, 0.1) is 19.8 Å². The standard InChI is InChI=1S/C15H16F6N4O3/c16-14(17,18)5-22-12(26)9-4-13(7-27-9)6-25(1-2-28-13)11-3-10(15(19,20)21)23-8-24-11/h3,8-9H,1-2,4-7H2,(H,22,26). The average molecular weight is 414 g/mol. The average Bonchev–Trinajstić information content (AvgIpc) is 3.02. The van der Waals surface area contributed by atoms with Gasteiger partial charge in [-0.15, -0.1) is 0 Å². The molecular weight excluding hydrogens is 398 g/mol. The number of rotatable bonds is 3. The van der Waals surface area contributed by atoms with Crippen molar-refractivity contribution in [3.63, 3.8) is 0 Å². The molecule has 1 aromatic heterocycles. The minimum Gasteiger partial charge on any atom is -0.369 e. The van der Waals surface area contributed by atoms with Gasteiger partial charge in [0.25, 0.3) is 0 Å². The summed E-state index contributed by atoms with van der Waals surface area (Å²) in [6.45, 7) is -1.10. The zero-order valence-corrected chi connectivity index (χ0v) is 14.3. The highest BCUT2D eigenvalue weighted by Gasteiger charge is 2.47. The summed E-state index contributed by atoms with van der Waals surface area (Å²) < 4.78 is 86.2. The summed E-state index contributed by atoms with van der Waals surface area (Å²) in [4.78, 5) is 20.5. The number of aromatic nitrogens is 2. The highest BCUT2D eigenvalue weighted by molar-refractivity contribution is 5.81. The van der Waals surface area contributed by atoms with Crippen LogP contribution in [0.4, 0.5) is 32.2 Å². The Labute approximate surface area is 155 Å². The summed E-state index contributed by atoms with van der Waals surface area (Å²) in [7, 11) is 0. The van der Waals surface area contributed by atoms with Crippen LogP contribution in [0, 0.1) is 0 Å². The first kappa shape index (κ1) is 20.6. The Kier molecular flexibility index (Phi) is 5.40. The molecule has 1 N–H and O–H groups in total. The van der Waals surface area contributed by atoms with Gasteiger partial charge >= 0.3 is 12.4 Å². The molecule has 1 spiro atoms. The van der Waals surface area contributed by atoms with Crippen LogP contribution in [0.15, 0.2) is 12.4 Å². The summed E-state index contributed by atoms with van der Waals surface area (Å²) >= 11 is 0. The van der Waals surface area contributed by atoms with Gasteiger partial charge in [-0.05, 0) is 0 Å². The second kappa shape index (κ2) is 7.35. The molecule has 2 unspecified atom stereocenters. The van der Waals surface area contributed by atoms with Gasteiger partial charge in [0.15, 0.2) is 0 Å². The molecule has 2 aliphatic rings. The van der Waals surface area contributed by atoms with Crippen molar-refractivity contribution >= 4 is 11.7 Å². The molecule has 0 radical (unpaired) electrons. The molecule has 2 fully saturated rings. The molecule has 1 amide bonds. The number of nitrogens with one attached hydrogen (secondary N) is 1. The van der Waals surface area contributed by atoms with Crippen LogP contribution in [0.5, 0.6) is 0 Å². The Bertz CT molecular complexity index is 728. The first-order chi connectivity index (χ1) is 13.0. The quantitative estimate of drug-likeness (QED) is 0.757. The van der Waals surface area contributed by atoms with Crippen LogP contribution in [-0.4, -0.2) is 66.6 Å². The second-order valence-electron chi connectivity index (χ2n) is 6.55. The van der Waals surface area contributed by atoms with Gasteiger partial charge < -0.3 is 19.7 Å². The van der Waals surface area contributed by atoms with Crippen LogP contribution in [0.1, 0.15) is 12.1 Å². The zero-order valence-electron chi connectivity index (χ0n) is 14.3. The van der Waals surface area contributed by atoms with Crippen LogP contribution in [0.2, 0.25) is 0 Å². The SMILES string of the molecule is O=C(NCC(F)(F)F)C1CC2(CO1)CN(c1cc(C(F)(F)F)ncn1)CCO2. The predicted molar refractivity (Wildman–Crippen MR) is 81.4 cm³/mol. The normalized spacial score (nSPS) is 25.9. The molecule has 2 saturated heterocycles. The van der Waals surface area contributed by atoms with E-state index in [1.54, 1.807) is 10.2 Å². The van der Waals surface area contributed by atoms with Crippen LogP contribution in [-0.2, 0) is 20.4 Å². The third-order valence-electron chi connectivity index (χ3n) is 4.38. The number of alkyl halides is 6. The highest BCUT2D eigenvalue weighted by atomic mass is 19.4. The molecule has 2 atom stereocenters. The van der Waals surface area contributed by atoms with Gasteiger partial charge in [-0.25, -0.2) is 9.97 Å². The van der Waals surface area contributed by atoms with Crippen molar-refractivity contribution in [2.75, 3.05) is 37.7 Å². The molecular formula is C15H16F6N4O3. The third-order valence-corrected chi connectivity index (χ3v) is 4.38. The van der Waals surface area contributed by atoms with Gasteiger partial charge in [-0.1, -0.05) is 0 Å². The molecule has 3 heterocycles. The maximum atomic E-state index is 12.8. The van der Waals surface area contributed by atoms with E-state index in [2.05, 4.69) is 9.97 Å². The van der Waals surface area contributed by atoms with Gasteiger partial charge in [-0.2, -0.15) is 26.3 Å². The molecule has 156 valence electrons. The number of carbonyl (C=O) groups is 1. The number of halogens is 6. The topological polar surface area (TPSA) is 76.6 Å². The molecule has 7 nitrogen and oxygen atoms in total. The minimum atomic E-state index is -4.63. The molecule has 13 heteroatoms. The first-order valence-electron chi connectivity index (χ1n) is 8.22. The van der Waals surface area contributed by atoms with Gasteiger partial charge in [-0.3, -0.25) is 4.79 Å².